The summed E-state index contributed by atoms with van der Waals surface area (Å²) in [5, 5.41) is 11.1. The van der Waals surface area contributed by atoms with E-state index < -0.39 is 0 Å². The lowest BCUT2D eigenvalue weighted by Gasteiger charge is -2.32. The molecule has 33 heavy (non-hydrogen) atoms. The van der Waals surface area contributed by atoms with E-state index in [1.165, 1.54) is 5.56 Å². The Balaban J connectivity index is 1.31. The third-order valence-corrected chi connectivity index (χ3v) is 5.55. The number of nitrogens with zero attached hydrogens (tertiary/aromatic N) is 5. The number of guanidine groups is 1. The molecule has 1 unspecified atom stereocenters. The average Bonchev–Trinajstić information content (AvgIpc) is 3.38. The van der Waals surface area contributed by atoms with Crippen LogP contribution in [0.4, 0.5) is 5.82 Å². The van der Waals surface area contributed by atoms with E-state index in [0.29, 0.717) is 6.54 Å². The third kappa shape index (κ3) is 6.55. The monoisotopic (exact) mass is 447 g/mol. The molecule has 8 heteroatoms. The van der Waals surface area contributed by atoms with Crippen molar-refractivity contribution in [1.29, 1.82) is 0 Å². The molecule has 0 spiro atoms. The van der Waals surface area contributed by atoms with Crippen LogP contribution < -0.4 is 15.5 Å². The quantitative estimate of drug-likeness (QED) is 0.408. The zero-order chi connectivity index (χ0) is 22.9. The van der Waals surface area contributed by atoms with Crippen molar-refractivity contribution in [2.45, 2.75) is 32.9 Å². The Morgan fingerprint density at radius 2 is 2.03 bits per heavy atom. The summed E-state index contributed by atoms with van der Waals surface area (Å²) in [5.74, 6) is 1.82. The van der Waals surface area contributed by atoms with Crippen LogP contribution in [0.3, 0.4) is 0 Å². The number of anilines is 1. The molecule has 2 aromatic heterocycles. The van der Waals surface area contributed by atoms with Crippen molar-refractivity contribution >= 4 is 11.8 Å². The molecule has 2 N–H and O–H groups in total. The molecule has 3 heterocycles. The standard InChI is InChI=1S/C25H33N7O/c1-3-26-25(28-13-9-21-5-7-23(8-6-21)32-14-4-11-30-32)29-18-22-10-12-27-24(17-22)31-15-16-33-20(2)19-31/h4-8,10-12,14,17,20H,3,9,13,15-16,18-19H2,1-2H3,(H2,26,28,29). The van der Waals surface area contributed by atoms with Gasteiger partial charge in [0.25, 0.3) is 0 Å². The predicted octanol–water partition coefficient (Wildman–Crippen LogP) is 2.79. The van der Waals surface area contributed by atoms with Crippen molar-refractivity contribution < 1.29 is 4.74 Å². The van der Waals surface area contributed by atoms with Crippen molar-refractivity contribution in [1.82, 2.24) is 25.4 Å². The van der Waals surface area contributed by atoms with Crippen LogP contribution in [0.2, 0.25) is 0 Å². The number of aliphatic imine (C=N–C) groups is 1. The molecule has 1 fully saturated rings. The molecule has 0 radical (unpaired) electrons. The SMILES string of the molecule is CCNC(=NCc1ccnc(N2CCOC(C)C2)c1)NCCc1ccc(-n2cccn2)cc1. The van der Waals surface area contributed by atoms with Gasteiger partial charge in [-0.25, -0.2) is 14.7 Å². The maximum atomic E-state index is 5.65. The van der Waals surface area contributed by atoms with Crippen LogP contribution in [0, 0.1) is 0 Å². The summed E-state index contributed by atoms with van der Waals surface area (Å²) in [4.78, 5) is 11.6. The number of hydrogen-bond donors (Lipinski definition) is 2. The number of rotatable bonds is 8. The van der Waals surface area contributed by atoms with E-state index >= 15 is 0 Å². The molecule has 1 aliphatic heterocycles. The number of pyridine rings is 1. The van der Waals surface area contributed by atoms with E-state index in [4.69, 9.17) is 9.73 Å². The smallest absolute Gasteiger partial charge is 0.191 e. The molecular formula is C25H33N7O. The van der Waals surface area contributed by atoms with E-state index in [2.05, 4.69) is 69.8 Å². The number of aromatic nitrogens is 3. The van der Waals surface area contributed by atoms with Gasteiger partial charge in [0.1, 0.15) is 5.82 Å². The molecule has 3 aromatic rings. The van der Waals surface area contributed by atoms with Crippen molar-refractivity contribution in [2.24, 2.45) is 4.99 Å². The highest BCUT2D eigenvalue weighted by Gasteiger charge is 2.18. The van der Waals surface area contributed by atoms with Crippen LogP contribution in [0.5, 0.6) is 0 Å². The van der Waals surface area contributed by atoms with Gasteiger partial charge < -0.3 is 20.3 Å². The number of morpholine rings is 1. The normalized spacial score (nSPS) is 16.6. The van der Waals surface area contributed by atoms with Crippen molar-refractivity contribution in [3.8, 4) is 5.69 Å². The van der Waals surface area contributed by atoms with Crippen LogP contribution in [-0.4, -0.2) is 59.6 Å². The Kier molecular flexibility index (Phi) is 7.92. The van der Waals surface area contributed by atoms with Gasteiger partial charge in [0.15, 0.2) is 5.96 Å². The molecule has 0 aliphatic carbocycles. The second-order valence-electron chi connectivity index (χ2n) is 8.14. The summed E-state index contributed by atoms with van der Waals surface area (Å²) in [6.45, 7) is 8.88. The first kappa shape index (κ1) is 22.8. The Morgan fingerprint density at radius 3 is 2.79 bits per heavy atom. The van der Waals surface area contributed by atoms with Crippen LogP contribution in [-0.2, 0) is 17.7 Å². The van der Waals surface area contributed by atoms with Crippen LogP contribution in [0.15, 0.2) is 66.0 Å². The van der Waals surface area contributed by atoms with Gasteiger partial charge in [-0.05, 0) is 61.7 Å². The lowest BCUT2D eigenvalue weighted by Crippen LogP contribution is -2.41. The van der Waals surface area contributed by atoms with Crippen molar-refractivity contribution in [2.75, 3.05) is 37.7 Å². The Bertz CT molecular complexity index is 1020. The minimum absolute atomic E-state index is 0.230. The van der Waals surface area contributed by atoms with Gasteiger partial charge in [-0.2, -0.15) is 5.10 Å². The maximum Gasteiger partial charge on any atom is 0.191 e. The molecule has 1 atom stereocenters. The number of hydrogen-bond acceptors (Lipinski definition) is 5. The highest BCUT2D eigenvalue weighted by Crippen LogP contribution is 2.17. The van der Waals surface area contributed by atoms with Crippen LogP contribution in [0.1, 0.15) is 25.0 Å². The second-order valence-corrected chi connectivity index (χ2v) is 8.14. The summed E-state index contributed by atoms with van der Waals surface area (Å²) in [6.07, 6.45) is 6.75. The zero-order valence-electron chi connectivity index (χ0n) is 19.4. The van der Waals surface area contributed by atoms with Gasteiger partial charge in [-0.15, -0.1) is 0 Å². The third-order valence-electron chi connectivity index (χ3n) is 5.55. The van der Waals surface area contributed by atoms with Gasteiger partial charge in [0, 0.05) is 44.8 Å². The fraction of sp³-hybridized carbons (Fsp3) is 0.400. The molecule has 8 nitrogen and oxygen atoms in total. The summed E-state index contributed by atoms with van der Waals surface area (Å²) in [7, 11) is 0. The second kappa shape index (κ2) is 11.5. The molecule has 0 bridgehead atoms. The Labute approximate surface area is 195 Å². The number of nitrogens with one attached hydrogen (secondary N) is 2. The average molecular weight is 448 g/mol. The molecule has 1 aliphatic rings. The maximum absolute atomic E-state index is 5.65. The summed E-state index contributed by atoms with van der Waals surface area (Å²) in [6, 6.07) is 14.6. The Hall–Kier alpha value is -3.39. The van der Waals surface area contributed by atoms with E-state index in [0.717, 1.165) is 62.2 Å². The minimum atomic E-state index is 0.230. The molecule has 1 aromatic carbocycles. The molecule has 1 saturated heterocycles. The van der Waals surface area contributed by atoms with Gasteiger partial charge >= 0.3 is 0 Å². The number of benzene rings is 1. The highest BCUT2D eigenvalue weighted by atomic mass is 16.5. The number of ether oxygens (including phenoxy) is 1. The highest BCUT2D eigenvalue weighted by molar-refractivity contribution is 5.79. The van der Waals surface area contributed by atoms with E-state index in [-0.39, 0.29) is 6.10 Å². The van der Waals surface area contributed by atoms with Gasteiger partial charge in [-0.1, -0.05) is 12.1 Å². The summed E-state index contributed by atoms with van der Waals surface area (Å²) >= 11 is 0. The largest absolute Gasteiger partial charge is 0.375 e. The summed E-state index contributed by atoms with van der Waals surface area (Å²) < 4.78 is 7.51. The first-order valence-corrected chi connectivity index (χ1v) is 11.6. The topological polar surface area (TPSA) is 79.6 Å². The predicted molar refractivity (Wildman–Crippen MR) is 132 cm³/mol. The van der Waals surface area contributed by atoms with Gasteiger partial charge in [0.05, 0.1) is 24.9 Å². The lowest BCUT2D eigenvalue weighted by atomic mass is 10.1. The fourth-order valence-corrected chi connectivity index (χ4v) is 3.83. The van der Waals surface area contributed by atoms with E-state index in [1.54, 1.807) is 6.20 Å². The van der Waals surface area contributed by atoms with Crippen molar-refractivity contribution in [3.05, 3.63) is 72.2 Å². The van der Waals surface area contributed by atoms with Gasteiger partial charge in [-0.3, -0.25) is 0 Å². The van der Waals surface area contributed by atoms with Gasteiger partial charge in [0.2, 0.25) is 0 Å². The first-order valence-electron chi connectivity index (χ1n) is 11.6. The lowest BCUT2D eigenvalue weighted by molar-refractivity contribution is 0.0529. The molecular weight excluding hydrogens is 414 g/mol. The van der Waals surface area contributed by atoms with Crippen LogP contribution in [0.25, 0.3) is 5.69 Å². The Morgan fingerprint density at radius 1 is 1.15 bits per heavy atom. The van der Waals surface area contributed by atoms with E-state index in [1.807, 2.05) is 29.2 Å². The van der Waals surface area contributed by atoms with Crippen LogP contribution >= 0.6 is 0 Å². The summed E-state index contributed by atoms with van der Waals surface area (Å²) in [5.41, 5.74) is 3.48. The molecule has 4 rings (SSSR count). The first-order chi connectivity index (χ1) is 16.2. The molecule has 0 amide bonds. The van der Waals surface area contributed by atoms with Crippen molar-refractivity contribution in [3.63, 3.8) is 0 Å². The molecule has 174 valence electrons. The van der Waals surface area contributed by atoms with E-state index in [9.17, 15) is 0 Å². The molecule has 0 saturated carbocycles. The fourth-order valence-electron chi connectivity index (χ4n) is 3.83. The minimum Gasteiger partial charge on any atom is -0.375 e. The zero-order valence-corrected chi connectivity index (χ0v) is 19.4.